The standard InChI is InChI=1S/C23H24F3N7O2/c1-34-21-20-16(14-2-3-17-18(8-14)31(7-5-24)13-27-17)4-6-33(20)30-22(29-21)28-19-9-32(12-23(19,25)26)15-10-35-11-15/h2-4,6,8,13,15,19H,5,7,9-12H2,1H3,(H,28,30). The van der Waals surface area contributed by atoms with Crippen molar-refractivity contribution in [2.45, 2.75) is 24.6 Å². The molecule has 12 heteroatoms. The van der Waals surface area contributed by atoms with Gasteiger partial charge in [0.25, 0.3) is 5.92 Å². The van der Waals surface area contributed by atoms with E-state index in [1.807, 2.05) is 24.3 Å². The summed E-state index contributed by atoms with van der Waals surface area (Å²) in [7, 11) is 1.48. The average molecular weight is 487 g/mol. The summed E-state index contributed by atoms with van der Waals surface area (Å²) >= 11 is 0. The molecule has 0 spiro atoms. The third kappa shape index (κ3) is 3.76. The fourth-order valence-electron chi connectivity index (χ4n) is 4.75. The number of ether oxygens (including phenoxy) is 2. The van der Waals surface area contributed by atoms with Gasteiger partial charge in [-0.25, -0.2) is 22.7 Å². The Balaban J connectivity index is 1.33. The van der Waals surface area contributed by atoms with Crippen LogP contribution in [0.1, 0.15) is 0 Å². The molecule has 0 amide bonds. The highest BCUT2D eigenvalue weighted by atomic mass is 19.3. The van der Waals surface area contributed by atoms with Gasteiger partial charge in [0, 0.05) is 18.3 Å². The number of anilines is 1. The number of aryl methyl sites for hydroxylation is 1. The summed E-state index contributed by atoms with van der Waals surface area (Å²) in [5.41, 5.74) is 3.82. The fraction of sp³-hybridized carbons (Fsp3) is 0.435. The van der Waals surface area contributed by atoms with Gasteiger partial charge < -0.3 is 19.4 Å². The van der Waals surface area contributed by atoms with Crippen molar-refractivity contribution in [2.24, 2.45) is 0 Å². The van der Waals surface area contributed by atoms with Crippen LogP contribution in [0.5, 0.6) is 5.88 Å². The molecule has 184 valence electrons. The maximum atomic E-state index is 14.7. The summed E-state index contributed by atoms with van der Waals surface area (Å²) in [5, 5.41) is 7.25. The number of benzene rings is 1. The number of imidazole rings is 1. The predicted octanol–water partition coefficient (Wildman–Crippen LogP) is 2.85. The van der Waals surface area contributed by atoms with Crippen molar-refractivity contribution in [3.8, 4) is 17.0 Å². The van der Waals surface area contributed by atoms with Crippen LogP contribution in [0.3, 0.4) is 0 Å². The number of aromatic nitrogens is 5. The Morgan fingerprint density at radius 2 is 2.11 bits per heavy atom. The van der Waals surface area contributed by atoms with Crippen LogP contribution in [0.25, 0.3) is 27.7 Å². The molecule has 1 atom stereocenters. The van der Waals surface area contributed by atoms with Gasteiger partial charge in [-0.15, -0.1) is 5.10 Å². The van der Waals surface area contributed by atoms with E-state index in [2.05, 4.69) is 20.4 Å². The lowest BCUT2D eigenvalue weighted by molar-refractivity contribution is -0.0711. The molecule has 0 aliphatic carbocycles. The Bertz CT molecular complexity index is 1380. The number of halogens is 3. The third-order valence-corrected chi connectivity index (χ3v) is 6.71. The maximum Gasteiger partial charge on any atom is 0.281 e. The van der Waals surface area contributed by atoms with Gasteiger partial charge in [-0.05, 0) is 23.8 Å². The van der Waals surface area contributed by atoms with Crippen molar-refractivity contribution in [3.05, 3.63) is 36.8 Å². The molecule has 0 saturated carbocycles. The number of nitrogens with one attached hydrogen (secondary N) is 1. The SMILES string of the molecule is COc1nc(NC2CN(C3COC3)CC2(F)F)nn2ccc(-c3ccc4ncn(CCF)c4c3)c12. The number of likely N-dealkylation sites (tertiary alicyclic amines) is 1. The second-order valence-electron chi connectivity index (χ2n) is 8.88. The van der Waals surface area contributed by atoms with Crippen LogP contribution in [0, 0.1) is 0 Å². The first-order valence-corrected chi connectivity index (χ1v) is 11.4. The average Bonchev–Trinajstić information content (AvgIpc) is 3.48. The molecule has 3 aromatic heterocycles. The molecule has 2 fully saturated rings. The summed E-state index contributed by atoms with van der Waals surface area (Å²) in [6, 6.07) is 6.46. The van der Waals surface area contributed by atoms with Crippen LogP contribution >= 0.6 is 0 Å². The molecular weight excluding hydrogens is 463 g/mol. The van der Waals surface area contributed by atoms with Crippen molar-refractivity contribution in [3.63, 3.8) is 0 Å². The normalized spacial score (nSPS) is 20.5. The highest BCUT2D eigenvalue weighted by Crippen LogP contribution is 2.35. The predicted molar refractivity (Wildman–Crippen MR) is 123 cm³/mol. The van der Waals surface area contributed by atoms with Crippen LogP contribution in [-0.2, 0) is 11.3 Å². The number of nitrogens with zero attached hydrogens (tertiary/aromatic N) is 6. The molecule has 2 aliphatic heterocycles. The number of rotatable bonds is 7. The van der Waals surface area contributed by atoms with E-state index in [1.54, 1.807) is 26.5 Å². The highest BCUT2D eigenvalue weighted by Gasteiger charge is 2.51. The first kappa shape index (κ1) is 22.1. The van der Waals surface area contributed by atoms with E-state index in [0.29, 0.717) is 18.7 Å². The van der Waals surface area contributed by atoms with Crippen molar-refractivity contribution in [1.29, 1.82) is 0 Å². The molecule has 2 aliphatic rings. The Labute approximate surface area is 198 Å². The number of hydrogen-bond donors (Lipinski definition) is 1. The number of fused-ring (bicyclic) bond motifs is 2. The minimum atomic E-state index is -2.93. The van der Waals surface area contributed by atoms with Crippen LogP contribution in [0.2, 0.25) is 0 Å². The first-order chi connectivity index (χ1) is 17.0. The van der Waals surface area contributed by atoms with Gasteiger partial charge in [-0.3, -0.25) is 4.90 Å². The molecular formula is C23H24F3N7O2. The minimum absolute atomic E-state index is 0.0242. The summed E-state index contributed by atoms with van der Waals surface area (Å²) in [6.45, 7) is 0.530. The molecule has 5 heterocycles. The van der Waals surface area contributed by atoms with E-state index in [4.69, 9.17) is 9.47 Å². The third-order valence-electron chi connectivity index (χ3n) is 6.71. The van der Waals surface area contributed by atoms with E-state index < -0.39 is 18.6 Å². The molecule has 35 heavy (non-hydrogen) atoms. The van der Waals surface area contributed by atoms with Gasteiger partial charge in [0.1, 0.15) is 18.2 Å². The van der Waals surface area contributed by atoms with Crippen molar-refractivity contribution in [2.75, 3.05) is 45.4 Å². The molecule has 1 unspecified atom stereocenters. The maximum absolute atomic E-state index is 14.7. The smallest absolute Gasteiger partial charge is 0.281 e. The molecule has 0 bridgehead atoms. The fourth-order valence-corrected chi connectivity index (χ4v) is 4.75. The molecule has 6 rings (SSSR count). The first-order valence-electron chi connectivity index (χ1n) is 11.4. The Kier molecular flexibility index (Phi) is 5.29. The lowest BCUT2D eigenvalue weighted by atomic mass is 10.1. The van der Waals surface area contributed by atoms with Gasteiger partial charge in [-0.1, -0.05) is 6.07 Å². The van der Waals surface area contributed by atoms with Gasteiger partial charge >= 0.3 is 0 Å². The highest BCUT2D eigenvalue weighted by molar-refractivity contribution is 5.89. The zero-order chi connectivity index (χ0) is 24.2. The van der Waals surface area contributed by atoms with E-state index in [-0.39, 0.29) is 37.5 Å². The van der Waals surface area contributed by atoms with E-state index in [0.717, 1.165) is 22.2 Å². The number of alkyl halides is 3. The second kappa shape index (κ2) is 8.38. The lowest BCUT2D eigenvalue weighted by Crippen LogP contribution is -2.48. The molecule has 1 aromatic carbocycles. The summed E-state index contributed by atoms with van der Waals surface area (Å²) in [4.78, 5) is 10.5. The second-order valence-corrected chi connectivity index (χ2v) is 8.88. The van der Waals surface area contributed by atoms with Crippen molar-refractivity contribution >= 4 is 22.5 Å². The van der Waals surface area contributed by atoms with Crippen LogP contribution < -0.4 is 10.1 Å². The molecule has 2 saturated heterocycles. The Morgan fingerprint density at radius 3 is 2.86 bits per heavy atom. The Hall–Kier alpha value is -3.38. The van der Waals surface area contributed by atoms with Crippen LogP contribution in [-0.4, -0.2) is 87.1 Å². The number of hydrogen-bond acceptors (Lipinski definition) is 7. The van der Waals surface area contributed by atoms with Crippen molar-refractivity contribution < 1.29 is 22.6 Å². The van der Waals surface area contributed by atoms with E-state index in [1.165, 1.54) is 7.11 Å². The van der Waals surface area contributed by atoms with Crippen molar-refractivity contribution in [1.82, 2.24) is 29.0 Å². The lowest BCUT2D eigenvalue weighted by Gasteiger charge is -2.34. The largest absolute Gasteiger partial charge is 0.479 e. The van der Waals surface area contributed by atoms with Gasteiger partial charge in [-0.2, -0.15) is 4.98 Å². The molecule has 1 N–H and O–H groups in total. The molecule has 0 radical (unpaired) electrons. The van der Waals surface area contributed by atoms with E-state index >= 15 is 0 Å². The monoisotopic (exact) mass is 487 g/mol. The minimum Gasteiger partial charge on any atom is -0.479 e. The van der Waals surface area contributed by atoms with E-state index in [9.17, 15) is 13.2 Å². The molecule has 9 nitrogen and oxygen atoms in total. The van der Waals surface area contributed by atoms with Gasteiger partial charge in [0.2, 0.25) is 11.8 Å². The summed E-state index contributed by atoms with van der Waals surface area (Å²) < 4.78 is 56.4. The van der Waals surface area contributed by atoms with Gasteiger partial charge in [0.05, 0.1) is 56.8 Å². The summed E-state index contributed by atoms with van der Waals surface area (Å²) in [5.74, 6) is -2.61. The van der Waals surface area contributed by atoms with Crippen LogP contribution in [0.4, 0.5) is 19.1 Å². The summed E-state index contributed by atoms with van der Waals surface area (Å²) in [6.07, 6.45) is 3.35. The zero-order valence-electron chi connectivity index (χ0n) is 19.0. The number of methoxy groups -OCH3 is 1. The van der Waals surface area contributed by atoms with Crippen LogP contribution in [0.15, 0.2) is 36.8 Å². The zero-order valence-corrected chi connectivity index (χ0v) is 19.0. The topological polar surface area (TPSA) is 81.7 Å². The molecule has 4 aromatic rings. The quantitative estimate of drug-likeness (QED) is 0.429. The Morgan fingerprint density at radius 1 is 1.26 bits per heavy atom. The van der Waals surface area contributed by atoms with Gasteiger partial charge in [0.15, 0.2) is 0 Å².